The predicted molar refractivity (Wildman–Crippen MR) is 90.7 cm³/mol. The minimum Gasteiger partial charge on any atom is -0.423 e. The molecule has 0 fully saturated rings. The number of hydrogen-bond acceptors (Lipinski definition) is 5. The van der Waals surface area contributed by atoms with Gasteiger partial charge in [-0.25, -0.2) is 0 Å². The third-order valence-corrected chi connectivity index (χ3v) is 4.16. The first-order valence-corrected chi connectivity index (χ1v) is 8.14. The van der Waals surface area contributed by atoms with Gasteiger partial charge in [-0.05, 0) is 48.9 Å². The normalized spacial score (nSPS) is 10.9. The zero-order chi connectivity index (χ0) is 17.8. The van der Waals surface area contributed by atoms with Crippen LogP contribution in [0.2, 0.25) is 0 Å². The van der Waals surface area contributed by atoms with Crippen molar-refractivity contribution in [3.05, 3.63) is 60.0 Å². The van der Waals surface area contributed by atoms with Crippen molar-refractivity contribution < 1.29 is 18.0 Å². The van der Waals surface area contributed by atoms with Crippen LogP contribution in [0, 0.1) is 6.92 Å². The lowest BCUT2D eigenvalue weighted by Gasteiger charge is -2.10. The van der Waals surface area contributed by atoms with Gasteiger partial charge in [-0.2, -0.15) is 8.78 Å². The standard InChI is InChI=1S/C17H13F2N3O2S/c1-10-2-3-12(16-22-20-9-24-16)8-14(10)21-15(23)11-4-6-13(7-5-11)25-17(18)19/h2-9,17H,1H3,(H,21,23). The molecule has 1 aromatic heterocycles. The van der Waals surface area contributed by atoms with E-state index in [1.54, 1.807) is 6.07 Å². The number of aromatic nitrogens is 2. The average Bonchev–Trinajstić information content (AvgIpc) is 3.11. The van der Waals surface area contributed by atoms with Gasteiger partial charge in [-0.3, -0.25) is 4.79 Å². The zero-order valence-corrected chi connectivity index (χ0v) is 13.9. The molecular weight excluding hydrogens is 348 g/mol. The Hall–Kier alpha value is -2.74. The maximum Gasteiger partial charge on any atom is 0.288 e. The summed E-state index contributed by atoms with van der Waals surface area (Å²) in [5.41, 5.74) is 2.52. The highest BCUT2D eigenvalue weighted by atomic mass is 32.2. The van der Waals surface area contributed by atoms with Crippen LogP contribution in [0.25, 0.3) is 11.5 Å². The molecule has 1 heterocycles. The maximum absolute atomic E-state index is 12.4. The molecule has 0 radical (unpaired) electrons. The van der Waals surface area contributed by atoms with Crippen molar-refractivity contribution >= 4 is 23.4 Å². The minimum atomic E-state index is -2.49. The van der Waals surface area contributed by atoms with Crippen LogP contribution in [0.1, 0.15) is 15.9 Å². The molecule has 3 rings (SSSR count). The van der Waals surface area contributed by atoms with Gasteiger partial charge in [0.2, 0.25) is 12.3 Å². The van der Waals surface area contributed by atoms with Gasteiger partial charge >= 0.3 is 0 Å². The van der Waals surface area contributed by atoms with Gasteiger partial charge in [-0.1, -0.05) is 17.8 Å². The average molecular weight is 361 g/mol. The first-order valence-electron chi connectivity index (χ1n) is 7.26. The van der Waals surface area contributed by atoms with Gasteiger partial charge in [0.25, 0.3) is 11.7 Å². The van der Waals surface area contributed by atoms with E-state index >= 15 is 0 Å². The van der Waals surface area contributed by atoms with Crippen LogP contribution in [0.5, 0.6) is 0 Å². The third-order valence-electron chi connectivity index (χ3n) is 3.43. The van der Waals surface area contributed by atoms with Crippen LogP contribution in [-0.4, -0.2) is 21.9 Å². The molecule has 0 aliphatic heterocycles. The van der Waals surface area contributed by atoms with Gasteiger partial charge in [0, 0.05) is 21.7 Å². The first-order chi connectivity index (χ1) is 12.0. The highest BCUT2D eigenvalue weighted by Crippen LogP contribution is 2.26. The molecule has 1 amide bonds. The smallest absolute Gasteiger partial charge is 0.288 e. The second-order valence-corrected chi connectivity index (χ2v) is 6.19. The van der Waals surface area contributed by atoms with Crippen molar-refractivity contribution in [2.45, 2.75) is 17.6 Å². The summed E-state index contributed by atoms with van der Waals surface area (Å²) < 4.78 is 29.8. The summed E-state index contributed by atoms with van der Waals surface area (Å²) in [6.45, 7) is 1.86. The Labute approximate surface area is 146 Å². The van der Waals surface area contributed by atoms with Crippen LogP contribution in [0.15, 0.2) is 58.2 Å². The van der Waals surface area contributed by atoms with Gasteiger partial charge in [0.05, 0.1) is 0 Å². The molecule has 25 heavy (non-hydrogen) atoms. The monoisotopic (exact) mass is 361 g/mol. The lowest BCUT2D eigenvalue weighted by Crippen LogP contribution is -2.12. The minimum absolute atomic E-state index is 0.334. The lowest BCUT2D eigenvalue weighted by molar-refractivity contribution is 0.102. The van der Waals surface area contributed by atoms with Gasteiger partial charge in [0.1, 0.15) is 0 Å². The van der Waals surface area contributed by atoms with Crippen molar-refractivity contribution in [2.24, 2.45) is 0 Å². The van der Waals surface area contributed by atoms with E-state index in [9.17, 15) is 13.6 Å². The van der Waals surface area contributed by atoms with E-state index in [2.05, 4.69) is 15.5 Å². The molecule has 5 nitrogen and oxygen atoms in total. The summed E-state index contributed by atoms with van der Waals surface area (Å²) in [5.74, 6) is -2.47. The van der Waals surface area contributed by atoms with Crippen LogP contribution >= 0.6 is 11.8 Å². The molecule has 8 heteroatoms. The van der Waals surface area contributed by atoms with Crippen LogP contribution in [0.3, 0.4) is 0 Å². The fraction of sp³-hybridized carbons (Fsp3) is 0.118. The Morgan fingerprint density at radius 1 is 1.20 bits per heavy atom. The molecule has 3 aromatic rings. The number of nitrogens with one attached hydrogen (secondary N) is 1. The summed E-state index contributed by atoms with van der Waals surface area (Å²) in [5, 5.41) is 10.3. The van der Waals surface area contributed by atoms with Gasteiger partial charge in [-0.15, -0.1) is 10.2 Å². The SMILES string of the molecule is Cc1ccc(-c2nnco2)cc1NC(=O)c1ccc(SC(F)F)cc1. The number of anilines is 1. The van der Waals surface area contributed by atoms with E-state index in [4.69, 9.17) is 4.42 Å². The number of aryl methyl sites for hydroxylation is 1. The second kappa shape index (κ2) is 7.43. The quantitative estimate of drug-likeness (QED) is 0.672. The van der Waals surface area contributed by atoms with Crippen LogP contribution in [0.4, 0.5) is 14.5 Å². The van der Waals surface area contributed by atoms with E-state index in [1.165, 1.54) is 30.7 Å². The molecule has 0 bridgehead atoms. The Bertz CT molecular complexity index is 868. The summed E-state index contributed by atoms with van der Waals surface area (Å²) in [7, 11) is 0. The number of carbonyl (C=O) groups is 1. The predicted octanol–water partition coefficient (Wildman–Crippen LogP) is 4.61. The zero-order valence-electron chi connectivity index (χ0n) is 13.1. The van der Waals surface area contributed by atoms with Crippen LogP contribution in [-0.2, 0) is 0 Å². The molecule has 0 saturated heterocycles. The number of alkyl halides is 2. The van der Waals surface area contributed by atoms with Gasteiger partial charge < -0.3 is 9.73 Å². The number of hydrogen-bond donors (Lipinski definition) is 1. The number of carbonyl (C=O) groups excluding carboxylic acids is 1. The molecule has 0 atom stereocenters. The number of amides is 1. The highest BCUT2D eigenvalue weighted by Gasteiger charge is 2.12. The molecule has 1 N–H and O–H groups in total. The van der Waals surface area contributed by atoms with Crippen LogP contribution < -0.4 is 5.32 Å². The number of thioether (sulfide) groups is 1. The topological polar surface area (TPSA) is 68.0 Å². The summed E-state index contributed by atoms with van der Waals surface area (Å²) in [4.78, 5) is 12.8. The number of nitrogens with zero attached hydrogens (tertiary/aromatic N) is 2. The van der Waals surface area contributed by atoms with E-state index < -0.39 is 5.76 Å². The molecule has 0 aliphatic rings. The van der Waals surface area contributed by atoms with Crippen molar-refractivity contribution in [3.8, 4) is 11.5 Å². The Morgan fingerprint density at radius 3 is 2.60 bits per heavy atom. The summed E-state index contributed by atoms with van der Waals surface area (Å²) >= 11 is 0.437. The highest BCUT2D eigenvalue weighted by molar-refractivity contribution is 7.99. The van der Waals surface area contributed by atoms with Crippen molar-refractivity contribution in [3.63, 3.8) is 0 Å². The summed E-state index contributed by atoms with van der Waals surface area (Å²) in [6, 6.07) is 11.4. The van der Waals surface area contributed by atoms with Crippen molar-refractivity contribution in [1.29, 1.82) is 0 Å². The molecule has 2 aromatic carbocycles. The third kappa shape index (κ3) is 4.21. The Kier molecular flexibility index (Phi) is 5.08. The van der Waals surface area contributed by atoms with Gasteiger partial charge in [0.15, 0.2) is 0 Å². The molecular formula is C17H13F2N3O2S. The lowest BCUT2D eigenvalue weighted by atomic mass is 10.1. The molecule has 0 aliphatic carbocycles. The fourth-order valence-electron chi connectivity index (χ4n) is 2.17. The molecule has 0 spiro atoms. The maximum atomic E-state index is 12.4. The van der Waals surface area contributed by atoms with E-state index in [1.807, 2.05) is 19.1 Å². The molecule has 0 saturated carbocycles. The second-order valence-electron chi connectivity index (χ2n) is 5.13. The van der Waals surface area contributed by atoms with Crippen molar-refractivity contribution in [2.75, 3.05) is 5.32 Å². The van der Waals surface area contributed by atoms with Crippen molar-refractivity contribution in [1.82, 2.24) is 10.2 Å². The molecule has 0 unspecified atom stereocenters. The van der Waals surface area contributed by atoms with E-state index in [-0.39, 0.29) is 5.91 Å². The van der Waals surface area contributed by atoms with E-state index in [0.717, 1.165) is 5.56 Å². The first kappa shape index (κ1) is 17.1. The number of rotatable bonds is 5. The van der Waals surface area contributed by atoms with E-state index in [0.29, 0.717) is 39.4 Å². The number of halogens is 2. The fourth-order valence-corrected chi connectivity index (χ4v) is 2.67. The summed E-state index contributed by atoms with van der Waals surface area (Å²) in [6.07, 6.45) is 1.23. The Morgan fingerprint density at radius 2 is 1.96 bits per heavy atom. The largest absolute Gasteiger partial charge is 0.423 e. The Balaban J connectivity index is 1.77. The molecule has 128 valence electrons. The number of benzene rings is 2.